The standard InChI is InChI=1S/C15H26N2.C14H23FN2O.C12H21F2N.C12H21N.C10H17F2NO2.C10H20N2O/c1-12(2)14-3-5-15(6-4-14)17-9-7-13(11-16)8-10-17;1-10-7-11(18-16-10)8-17-6-5-12(13(15)9-17)14(2,3)4;1-10-2-4-11(5-3-10)15-8-6-12(13,14)7-9-15;1-10(2)12-7-6-11(9-12)5-3-4-8-13;1-7-2-4-8(5-3-7)13-10(14)15-6-9(11)12;1-8-4-6-9(7-5-8)12(3)10(13)11-2/h12-15H,3-10H2,1-2H3;7,12-13H,5-6,8-9H2,1-4H3;10-11H,2-9H2,1H3;10-12H,3-7,9H2,1-2H3;7-9H,2-6H2,1H3,(H,13,14);8-9H,4-7H2,1-3H3,(H,11,13). The van der Waals surface area contributed by atoms with E-state index in [0.717, 1.165) is 149 Å². The zero-order valence-corrected chi connectivity index (χ0v) is 59.2. The molecule has 1 aromatic heterocycles. The molecule has 8 aliphatic rings. The summed E-state index contributed by atoms with van der Waals surface area (Å²) in [7, 11) is 3.57. The van der Waals surface area contributed by atoms with Gasteiger partial charge in [-0.3, -0.25) is 9.80 Å². The predicted molar refractivity (Wildman–Crippen MR) is 357 cm³/mol. The Kier molecular flexibility index (Phi) is 36.1. The van der Waals surface area contributed by atoms with E-state index in [2.05, 4.69) is 117 Å². The number of nitrogens with one attached hydrogen (secondary N) is 2. The van der Waals surface area contributed by atoms with E-state index < -0.39 is 31.2 Å². The van der Waals surface area contributed by atoms with Crippen LogP contribution in [0.15, 0.2) is 10.6 Å². The third-order valence-corrected chi connectivity index (χ3v) is 21.9. The second kappa shape index (κ2) is 41.3. The molecule has 2 N–H and O–H groups in total. The van der Waals surface area contributed by atoms with Gasteiger partial charge in [-0.05, 0) is 233 Å². The molecular weight excluding hydrogens is 1160 g/mol. The van der Waals surface area contributed by atoms with E-state index >= 15 is 0 Å². The van der Waals surface area contributed by atoms with Crippen molar-refractivity contribution in [2.24, 2.45) is 64.6 Å². The van der Waals surface area contributed by atoms with Gasteiger partial charge < -0.3 is 29.7 Å². The molecule has 4 atom stereocenters. The maximum absolute atomic E-state index is 14.2. The Morgan fingerprint density at radius 2 is 1.29 bits per heavy atom. The van der Waals surface area contributed by atoms with Crippen LogP contribution in [-0.4, -0.2) is 140 Å². The summed E-state index contributed by atoms with van der Waals surface area (Å²) < 4.78 is 73.1. The summed E-state index contributed by atoms with van der Waals surface area (Å²) in [6, 6.07) is 8.57. The number of aromatic nitrogens is 1. The van der Waals surface area contributed by atoms with Gasteiger partial charge in [-0.1, -0.05) is 80.8 Å². The lowest BCUT2D eigenvalue weighted by Crippen LogP contribution is -2.46. The van der Waals surface area contributed by atoms with E-state index in [0.29, 0.717) is 50.1 Å². The lowest BCUT2D eigenvalue weighted by Gasteiger charge is -2.40. The minimum Gasteiger partial charge on any atom is -0.443 e. The topological polar surface area (TPSA) is 154 Å². The molecule has 3 saturated heterocycles. The van der Waals surface area contributed by atoms with Crippen LogP contribution < -0.4 is 10.6 Å². The van der Waals surface area contributed by atoms with Crippen LogP contribution in [0.25, 0.3) is 0 Å². The van der Waals surface area contributed by atoms with Crippen LogP contribution in [0.3, 0.4) is 0 Å². The average molecular weight is 1290 g/mol. The molecule has 18 heteroatoms. The zero-order chi connectivity index (χ0) is 67.3. The number of carbonyl (C=O) groups is 2. The number of alkyl halides is 5. The first-order valence-electron chi connectivity index (χ1n) is 36.2. The highest BCUT2D eigenvalue weighted by Crippen LogP contribution is 2.40. The lowest BCUT2D eigenvalue weighted by atomic mass is 9.74. The quantitative estimate of drug-likeness (QED) is 0.144. The number of urea groups is 1. The Hall–Kier alpha value is -3.74. The van der Waals surface area contributed by atoms with Crippen molar-refractivity contribution in [3.8, 4) is 12.1 Å². The Balaban J connectivity index is 0.000000234. The first-order chi connectivity index (χ1) is 43.1. The number of hydrogen-bond acceptors (Lipinski definition) is 10. The van der Waals surface area contributed by atoms with E-state index in [-0.39, 0.29) is 36.2 Å². The zero-order valence-electron chi connectivity index (χ0n) is 59.2. The highest BCUT2D eigenvalue weighted by atomic mass is 19.3. The molecule has 3 amide bonds. The molecule has 0 radical (unpaired) electrons. The Morgan fingerprint density at radius 3 is 1.76 bits per heavy atom. The SMILES string of the molecule is CC(C)C1CCC(CCCC#N)C1.CC(C)C1CCC(N2CCC(C#N)CC2)CC1.CC1CCC(N2CCC(F)(F)CC2)CC1.CC1CCC(NC(=O)OCC(F)F)CC1.CNC(=O)N(C)C1CCC(C)CC1.Cc1cc(CN2CCC(C(C)(C)C)C(F)C2)on1. The van der Waals surface area contributed by atoms with E-state index in [1.807, 2.05) is 24.9 Å². The van der Waals surface area contributed by atoms with E-state index in [1.54, 1.807) is 7.05 Å². The summed E-state index contributed by atoms with van der Waals surface area (Å²) in [4.78, 5) is 31.2. The van der Waals surface area contributed by atoms with Gasteiger partial charge in [0.2, 0.25) is 0 Å². The highest BCUT2D eigenvalue weighted by Gasteiger charge is 2.39. The first kappa shape index (κ1) is 79.7. The van der Waals surface area contributed by atoms with Crippen molar-refractivity contribution >= 4 is 12.1 Å². The highest BCUT2D eigenvalue weighted by molar-refractivity contribution is 5.73. The number of likely N-dealkylation sites (tertiary alicyclic amines) is 3. The fraction of sp³-hybridized carbons (Fsp3) is 0.904. The number of carbonyl (C=O) groups excluding carboxylic acids is 2. The van der Waals surface area contributed by atoms with Crippen molar-refractivity contribution in [1.82, 2.24) is 35.4 Å². The minimum absolute atomic E-state index is 0.0413. The van der Waals surface area contributed by atoms with Gasteiger partial charge in [0, 0.05) is 89.1 Å². The van der Waals surface area contributed by atoms with Crippen LogP contribution in [0.4, 0.5) is 31.5 Å². The molecule has 91 heavy (non-hydrogen) atoms. The first-order valence-corrected chi connectivity index (χ1v) is 36.2. The van der Waals surface area contributed by atoms with Crippen LogP contribution in [-0.2, 0) is 11.3 Å². The van der Waals surface area contributed by atoms with Crippen LogP contribution in [0.2, 0.25) is 0 Å². The summed E-state index contributed by atoms with van der Waals surface area (Å²) in [5.41, 5.74) is 0.931. The van der Waals surface area contributed by atoms with Crippen LogP contribution in [0.1, 0.15) is 254 Å². The Bertz CT molecular complexity index is 2200. The van der Waals surface area contributed by atoms with Crippen molar-refractivity contribution in [3.63, 3.8) is 0 Å². The number of alkyl carbamates (subject to hydrolysis) is 1. The molecule has 5 saturated carbocycles. The smallest absolute Gasteiger partial charge is 0.407 e. The number of nitrogens with zero attached hydrogens (tertiary/aromatic N) is 7. The lowest BCUT2D eigenvalue weighted by molar-refractivity contribution is -0.0664. The average Bonchev–Trinajstić information content (AvgIpc) is 4.17. The number of rotatable bonds is 13. The van der Waals surface area contributed by atoms with Gasteiger partial charge in [-0.15, -0.1) is 0 Å². The van der Waals surface area contributed by atoms with Crippen LogP contribution in [0, 0.1) is 94.2 Å². The number of hydrogen-bond donors (Lipinski definition) is 2. The van der Waals surface area contributed by atoms with Gasteiger partial charge in [0.1, 0.15) is 6.17 Å². The summed E-state index contributed by atoms with van der Waals surface area (Å²) in [5.74, 6) is 5.88. The second-order valence-corrected chi connectivity index (χ2v) is 30.9. The third kappa shape index (κ3) is 30.7. The molecule has 0 bridgehead atoms. The number of aryl methyl sites for hydroxylation is 1. The monoisotopic (exact) mass is 1290 g/mol. The molecule has 0 aromatic carbocycles. The van der Waals surface area contributed by atoms with E-state index in [9.17, 15) is 31.5 Å². The second-order valence-electron chi connectivity index (χ2n) is 30.9. The molecule has 3 aliphatic heterocycles. The van der Waals surface area contributed by atoms with Crippen molar-refractivity contribution in [3.05, 3.63) is 17.5 Å². The van der Waals surface area contributed by atoms with Crippen LogP contribution >= 0.6 is 0 Å². The maximum atomic E-state index is 14.2. The number of halogens is 5. The summed E-state index contributed by atoms with van der Waals surface area (Å²) in [6.07, 6.45) is 26.0. The van der Waals surface area contributed by atoms with Gasteiger partial charge in [-0.25, -0.2) is 31.5 Å². The summed E-state index contributed by atoms with van der Waals surface area (Å²) >= 11 is 0. The number of ether oxygens (including phenoxy) is 1. The fourth-order valence-corrected chi connectivity index (χ4v) is 15.3. The van der Waals surface area contributed by atoms with Crippen molar-refractivity contribution in [1.29, 1.82) is 10.5 Å². The maximum Gasteiger partial charge on any atom is 0.407 e. The predicted octanol–water partition coefficient (Wildman–Crippen LogP) is 18.1. The molecular formula is C73H128F5N9O4. The number of amides is 3. The molecule has 524 valence electrons. The van der Waals surface area contributed by atoms with Crippen molar-refractivity contribution < 1.29 is 40.8 Å². The molecule has 0 spiro atoms. The van der Waals surface area contributed by atoms with Crippen molar-refractivity contribution in [2.75, 3.05) is 60.0 Å². The molecule has 9 rings (SSSR count). The van der Waals surface area contributed by atoms with Crippen LogP contribution in [0.5, 0.6) is 0 Å². The van der Waals surface area contributed by atoms with E-state index in [4.69, 9.17) is 15.0 Å². The van der Waals surface area contributed by atoms with Gasteiger partial charge >= 0.3 is 12.1 Å². The summed E-state index contributed by atoms with van der Waals surface area (Å²) in [6.45, 7) is 29.2. The molecule has 5 aliphatic carbocycles. The number of unbranched alkanes of at least 4 members (excludes halogenated alkanes) is 1. The molecule has 4 heterocycles. The Labute approximate surface area is 549 Å². The van der Waals surface area contributed by atoms with E-state index in [1.165, 1.54) is 89.9 Å². The fourth-order valence-electron chi connectivity index (χ4n) is 15.3. The number of piperidine rings is 3. The van der Waals surface area contributed by atoms with Gasteiger partial charge in [-0.2, -0.15) is 10.5 Å². The Morgan fingerprint density at radius 1 is 0.758 bits per heavy atom. The molecule has 1 aromatic rings. The molecule has 4 unspecified atom stereocenters. The molecule has 13 nitrogen and oxygen atoms in total. The normalized spacial score (nSPS) is 29.9. The van der Waals surface area contributed by atoms with Gasteiger partial charge in [0.05, 0.1) is 24.4 Å². The number of nitriles is 2. The summed E-state index contributed by atoms with van der Waals surface area (Å²) in [5, 5.41) is 26.5. The largest absolute Gasteiger partial charge is 0.443 e. The molecule has 8 fully saturated rings. The minimum atomic E-state index is -2.60. The van der Waals surface area contributed by atoms with Gasteiger partial charge in [0.15, 0.2) is 12.4 Å². The van der Waals surface area contributed by atoms with Crippen molar-refractivity contribution in [2.45, 2.75) is 299 Å². The van der Waals surface area contributed by atoms with Gasteiger partial charge in [0.25, 0.3) is 12.3 Å². The third-order valence-electron chi connectivity index (χ3n) is 21.9.